The highest BCUT2D eigenvalue weighted by molar-refractivity contribution is 5.91. The molecule has 72 heavy (non-hydrogen) atoms. The molecule has 0 bridgehead atoms. The fourth-order valence-electron chi connectivity index (χ4n) is 9.71. The number of ether oxygens (including phenoxy) is 4. The minimum absolute atomic E-state index is 0.180. The summed E-state index contributed by atoms with van der Waals surface area (Å²) >= 11 is 0. The third kappa shape index (κ3) is 12.8. The van der Waals surface area contributed by atoms with E-state index in [1.165, 1.54) is 58.7 Å². The molecule has 0 unspecified atom stereocenters. The van der Waals surface area contributed by atoms with Gasteiger partial charge in [-0.15, -0.1) is 0 Å². The van der Waals surface area contributed by atoms with Crippen LogP contribution in [-0.4, -0.2) is 82.4 Å². The van der Waals surface area contributed by atoms with Crippen molar-refractivity contribution >= 4 is 24.1 Å². The predicted molar refractivity (Wildman–Crippen MR) is 280 cm³/mol. The molecule has 2 aliphatic rings. The van der Waals surface area contributed by atoms with Crippen molar-refractivity contribution in [2.75, 3.05) is 27.3 Å². The van der Waals surface area contributed by atoms with Crippen LogP contribution in [-0.2, 0) is 44.6 Å². The molecule has 0 spiro atoms. The van der Waals surface area contributed by atoms with Crippen LogP contribution < -0.4 is 0 Å². The SMILES string of the molecule is COC(=O)c1ccncc1CC[C@@H]1c2ccc(-c3ccccc3C)cc2CCN1C(=O)OC(C)(C)C.COC(=O)c1ccncc1CC[C@H]1c2ccc(-c3ccccc3C)cc2CCN1C(=O)OC(C)(C)C. The monoisotopic (exact) mass is 973 g/mol. The van der Waals surface area contributed by atoms with Gasteiger partial charge in [0.1, 0.15) is 11.2 Å². The number of carbonyl (C=O) groups excluding carboxylic acids is 4. The van der Waals surface area contributed by atoms with Crippen molar-refractivity contribution in [2.24, 2.45) is 0 Å². The van der Waals surface area contributed by atoms with Gasteiger partial charge in [0, 0.05) is 37.9 Å². The van der Waals surface area contributed by atoms with Gasteiger partial charge in [-0.3, -0.25) is 9.97 Å². The molecule has 4 heterocycles. The van der Waals surface area contributed by atoms with Crippen LogP contribution in [0.2, 0.25) is 0 Å². The maximum atomic E-state index is 13.2. The summed E-state index contributed by atoms with van der Waals surface area (Å²) < 4.78 is 21.4. The van der Waals surface area contributed by atoms with Gasteiger partial charge in [0.05, 0.1) is 37.4 Å². The van der Waals surface area contributed by atoms with E-state index in [4.69, 9.17) is 18.9 Å². The molecule has 12 heteroatoms. The van der Waals surface area contributed by atoms with Gasteiger partial charge in [-0.2, -0.15) is 0 Å². The lowest BCUT2D eigenvalue weighted by atomic mass is 9.86. The van der Waals surface area contributed by atoms with Crippen molar-refractivity contribution in [1.82, 2.24) is 19.8 Å². The number of fused-ring (bicyclic) bond motifs is 2. The van der Waals surface area contributed by atoms with Crippen molar-refractivity contribution in [3.63, 3.8) is 0 Å². The first-order chi connectivity index (χ1) is 34.3. The Morgan fingerprint density at radius 3 is 1.31 bits per heavy atom. The molecule has 4 aromatic carbocycles. The Bertz CT molecular complexity index is 2720. The molecule has 0 radical (unpaired) electrons. The number of amides is 2. The van der Waals surface area contributed by atoms with Gasteiger partial charge in [-0.1, -0.05) is 84.9 Å². The van der Waals surface area contributed by atoms with E-state index in [0.717, 1.165) is 35.1 Å². The molecule has 6 aromatic rings. The number of carbonyl (C=O) groups is 4. The average molecular weight is 973 g/mol. The van der Waals surface area contributed by atoms with Crippen molar-refractivity contribution in [3.05, 3.63) is 177 Å². The highest BCUT2D eigenvalue weighted by Gasteiger charge is 2.36. The Balaban J connectivity index is 0.000000211. The first kappa shape index (κ1) is 52.5. The molecule has 376 valence electrons. The fraction of sp³-hybridized carbons (Fsp3) is 0.367. The van der Waals surface area contributed by atoms with Crippen molar-refractivity contribution < 1.29 is 38.1 Å². The average Bonchev–Trinajstić information content (AvgIpc) is 3.35. The minimum Gasteiger partial charge on any atom is -0.465 e. The number of hydrogen-bond acceptors (Lipinski definition) is 10. The number of hydrogen-bond donors (Lipinski definition) is 0. The number of esters is 2. The van der Waals surface area contributed by atoms with Crippen LogP contribution in [0.5, 0.6) is 0 Å². The molecule has 0 aliphatic carbocycles. The summed E-state index contributed by atoms with van der Waals surface area (Å²) in [6.45, 7) is 16.7. The van der Waals surface area contributed by atoms with Crippen LogP contribution in [0.1, 0.15) is 132 Å². The second-order valence-corrected chi connectivity index (χ2v) is 20.5. The Morgan fingerprint density at radius 2 is 0.944 bits per heavy atom. The van der Waals surface area contributed by atoms with Gasteiger partial charge in [0.2, 0.25) is 0 Å². The van der Waals surface area contributed by atoms with E-state index in [-0.39, 0.29) is 36.2 Å². The molecule has 2 atom stereocenters. The maximum absolute atomic E-state index is 13.2. The van der Waals surface area contributed by atoms with Crippen molar-refractivity contribution in [3.8, 4) is 22.3 Å². The summed E-state index contributed by atoms with van der Waals surface area (Å²) in [6.07, 6.45) is 9.86. The lowest BCUT2D eigenvalue weighted by molar-refractivity contribution is 0.0122. The van der Waals surface area contributed by atoms with E-state index in [2.05, 4.69) is 96.6 Å². The summed E-state index contributed by atoms with van der Waals surface area (Å²) in [4.78, 5) is 63.1. The van der Waals surface area contributed by atoms with Gasteiger partial charge in [0.15, 0.2) is 0 Å². The summed E-state index contributed by atoms with van der Waals surface area (Å²) in [5, 5.41) is 0. The summed E-state index contributed by atoms with van der Waals surface area (Å²) in [7, 11) is 2.75. The molecule has 0 saturated heterocycles. The first-order valence-electron chi connectivity index (χ1n) is 24.7. The summed E-state index contributed by atoms with van der Waals surface area (Å²) in [5.41, 5.74) is 13.4. The van der Waals surface area contributed by atoms with Gasteiger partial charge in [0.25, 0.3) is 0 Å². The Labute approximate surface area is 424 Å². The van der Waals surface area contributed by atoms with Crippen LogP contribution in [0.15, 0.2) is 122 Å². The van der Waals surface area contributed by atoms with Crippen LogP contribution in [0, 0.1) is 13.8 Å². The van der Waals surface area contributed by atoms with E-state index in [1.807, 2.05) is 63.5 Å². The second kappa shape index (κ2) is 22.8. The van der Waals surface area contributed by atoms with Crippen LogP contribution in [0.3, 0.4) is 0 Å². The van der Waals surface area contributed by atoms with E-state index in [9.17, 15) is 19.2 Å². The zero-order valence-corrected chi connectivity index (χ0v) is 43.4. The maximum Gasteiger partial charge on any atom is 0.410 e. The van der Waals surface area contributed by atoms with Crippen LogP contribution in [0.25, 0.3) is 22.3 Å². The Morgan fingerprint density at radius 1 is 0.556 bits per heavy atom. The molecule has 0 N–H and O–H groups in total. The molecule has 2 amide bonds. The van der Waals surface area contributed by atoms with Gasteiger partial charge < -0.3 is 28.7 Å². The largest absolute Gasteiger partial charge is 0.465 e. The second-order valence-electron chi connectivity index (χ2n) is 20.5. The molecule has 0 saturated carbocycles. The van der Waals surface area contributed by atoms with E-state index in [0.29, 0.717) is 49.9 Å². The summed E-state index contributed by atoms with van der Waals surface area (Å²) in [6, 6.07) is 32.8. The van der Waals surface area contributed by atoms with Crippen LogP contribution >= 0.6 is 0 Å². The van der Waals surface area contributed by atoms with Crippen molar-refractivity contribution in [1.29, 1.82) is 0 Å². The molecule has 8 rings (SSSR count). The number of nitrogens with zero attached hydrogens (tertiary/aromatic N) is 4. The third-order valence-electron chi connectivity index (χ3n) is 13.2. The predicted octanol–water partition coefficient (Wildman–Crippen LogP) is 12.6. The number of pyridine rings is 2. The molecular formula is C60H68N4O8. The van der Waals surface area contributed by atoms with E-state index in [1.54, 1.807) is 36.9 Å². The van der Waals surface area contributed by atoms with E-state index < -0.39 is 11.2 Å². The molecule has 2 aliphatic heterocycles. The van der Waals surface area contributed by atoms with Gasteiger partial charge in [-0.25, -0.2) is 19.2 Å². The minimum atomic E-state index is -0.585. The normalized spacial score (nSPS) is 15.2. The van der Waals surface area contributed by atoms with Gasteiger partial charge >= 0.3 is 24.1 Å². The molecule has 2 aromatic heterocycles. The smallest absolute Gasteiger partial charge is 0.410 e. The van der Waals surface area contributed by atoms with Crippen molar-refractivity contribution in [2.45, 2.75) is 117 Å². The zero-order chi connectivity index (χ0) is 51.7. The highest BCUT2D eigenvalue weighted by atomic mass is 16.6. The Kier molecular flexibility index (Phi) is 16.6. The highest BCUT2D eigenvalue weighted by Crippen LogP contribution is 2.39. The fourth-order valence-corrected chi connectivity index (χ4v) is 9.71. The number of methoxy groups -OCH3 is 2. The topological polar surface area (TPSA) is 137 Å². The standard InChI is InChI=1S/2C30H34N2O4/c2*1-20-8-6-7-9-24(20)21-10-12-25-22(18-21)15-17-32(29(34)36-30(2,3)4)27(25)13-11-23-19-31-16-14-26(23)28(33)35-5/h2*6-10,12,14,16,18-19,27H,11,13,15,17H2,1-5H3/t2*27-/m10/s1. The number of benzene rings is 4. The first-order valence-corrected chi connectivity index (χ1v) is 24.7. The number of rotatable bonds is 10. The molecular weight excluding hydrogens is 905 g/mol. The van der Waals surface area contributed by atoms with Gasteiger partial charge in [-0.05, 0) is 173 Å². The Hall–Kier alpha value is -7.34. The molecule has 12 nitrogen and oxygen atoms in total. The molecule has 0 fully saturated rings. The summed E-state index contributed by atoms with van der Waals surface area (Å²) in [5.74, 6) is -0.772. The lowest BCUT2D eigenvalue weighted by Gasteiger charge is -2.38. The lowest BCUT2D eigenvalue weighted by Crippen LogP contribution is -2.43. The van der Waals surface area contributed by atoms with E-state index >= 15 is 0 Å². The zero-order valence-electron chi connectivity index (χ0n) is 43.4. The number of aryl methyl sites for hydroxylation is 4. The quantitative estimate of drug-likeness (QED) is 0.0963. The third-order valence-corrected chi connectivity index (χ3v) is 13.2. The number of aromatic nitrogens is 2. The van der Waals surface area contributed by atoms with Crippen LogP contribution in [0.4, 0.5) is 9.59 Å².